The highest BCUT2D eigenvalue weighted by Gasteiger charge is 2.43. The molecule has 8 heteroatoms. The second-order valence-electron chi connectivity index (χ2n) is 7.35. The molecule has 0 aliphatic carbocycles. The molecule has 2 heterocycles. The van der Waals surface area contributed by atoms with Gasteiger partial charge in [-0.2, -0.15) is 0 Å². The van der Waals surface area contributed by atoms with Crippen molar-refractivity contribution in [3.8, 4) is 11.5 Å². The van der Waals surface area contributed by atoms with Crippen LogP contribution in [0.15, 0.2) is 36.4 Å². The van der Waals surface area contributed by atoms with Gasteiger partial charge in [-0.1, -0.05) is 32.9 Å². The van der Waals surface area contributed by atoms with Crippen LogP contribution < -0.4 is 14.8 Å². The van der Waals surface area contributed by atoms with E-state index in [0.29, 0.717) is 16.6 Å². The monoisotopic (exact) mass is 373 g/mol. The number of nitrogens with zero attached hydrogens (tertiary/aromatic N) is 1. The van der Waals surface area contributed by atoms with E-state index in [1.54, 1.807) is 12.1 Å². The summed E-state index contributed by atoms with van der Waals surface area (Å²) in [6, 6.07) is 10.00. The minimum absolute atomic E-state index is 0.00487. The van der Waals surface area contributed by atoms with Crippen molar-refractivity contribution in [2.75, 3.05) is 5.32 Å². The van der Waals surface area contributed by atoms with Crippen molar-refractivity contribution in [1.29, 1.82) is 0 Å². The largest absolute Gasteiger partial charge is 0.586 e. The summed E-state index contributed by atoms with van der Waals surface area (Å²) >= 11 is 0. The predicted octanol–water partition coefficient (Wildman–Crippen LogP) is 4.43. The molecule has 1 aliphatic heterocycles. The molecule has 3 aromatic rings. The first-order valence-electron chi connectivity index (χ1n) is 8.32. The van der Waals surface area contributed by atoms with E-state index in [9.17, 15) is 13.6 Å². The van der Waals surface area contributed by atoms with Crippen molar-refractivity contribution in [1.82, 2.24) is 9.97 Å². The van der Waals surface area contributed by atoms with Crippen LogP contribution >= 0.6 is 0 Å². The molecule has 0 bridgehead atoms. The Morgan fingerprint density at radius 2 is 1.74 bits per heavy atom. The zero-order chi connectivity index (χ0) is 19.4. The molecule has 140 valence electrons. The number of fused-ring (bicyclic) bond motifs is 2. The molecular weight excluding hydrogens is 356 g/mol. The predicted molar refractivity (Wildman–Crippen MR) is 95.4 cm³/mol. The molecule has 1 aliphatic rings. The van der Waals surface area contributed by atoms with Crippen molar-refractivity contribution in [2.24, 2.45) is 0 Å². The normalized spacial score (nSPS) is 15.1. The molecule has 0 unspecified atom stereocenters. The first kappa shape index (κ1) is 17.3. The molecule has 0 spiro atoms. The van der Waals surface area contributed by atoms with Crippen LogP contribution in [0.2, 0.25) is 0 Å². The van der Waals surface area contributed by atoms with Crippen molar-refractivity contribution >= 4 is 22.9 Å². The number of carbonyl (C=O) groups is 1. The van der Waals surface area contributed by atoms with E-state index in [-0.39, 0.29) is 28.8 Å². The highest BCUT2D eigenvalue weighted by molar-refractivity contribution is 6.04. The first-order valence-corrected chi connectivity index (χ1v) is 8.32. The van der Waals surface area contributed by atoms with Gasteiger partial charge in [0, 0.05) is 17.7 Å². The Morgan fingerprint density at radius 1 is 1.11 bits per heavy atom. The molecule has 4 rings (SSSR count). The summed E-state index contributed by atoms with van der Waals surface area (Å²) in [5, 5.41) is 2.66. The van der Waals surface area contributed by atoms with Crippen LogP contribution in [0, 0.1) is 0 Å². The second-order valence-corrected chi connectivity index (χ2v) is 7.35. The van der Waals surface area contributed by atoms with Crippen LogP contribution in [0.25, 0.3) is 11.0 Å². The number of anilines is 1. The van der Waals surface area contributed by atoms with E-state index in [1.165, 1.54) is 12.1 Å². The lowest BCUT2D eigenvalue weighted by molar-refractivity contribution is -0.286. The average molecular weight is 373 g/mol. The number of aromatic amines is 1. The Balaban J connectivity index is 1.55. The Bertz CT molecular complexity index is 992. The molecule has 2 aromatic carbocycles. The third kappa shape index (κ3) is 3.30. The summed E-state index contributed by atoms with van der Waals surface area (Å²) in [6.45, 7) is 6.28. The number of alkyl halides is 2. The van der Waals surface area contributed by atoms with Crippen molar-refractivity contribution < 1.29 is 23.0 Å². The van der Waals surface area contributed by atoms with Crippen LogP contribution in [0.1, 0.15) is 36.7 Å². The third-order valence-electron chi connectivity index (χ3n) is 4.25. The lowest BCUT2D eigenvalue weighted by Gasteiger charge is -2.18. The summed E-state index contributed by atoms with van der Waals surface area (Å²) < 4.78 is 35.0. The number of hydrogen-bond donors (Lipinski definition) is 2. The maximum Gasteiger partial charge on any atom is 0.586 e. The number of hydrogen-bond acceptors (Lipinski definition) is 4. The van der Waals surface area contributed by atoms with Crippen LogP contribution in [0.3, 0.4) is 0 Å². The number of H-pyrrole nitrogens is 1. The Kier molecular flexibility index (Phi) is 3.62. The van der Waals surface area contributed by atoms with Gasteiger partial charge < -0.3 is 14.5 Å². The SMILES string of the molecule is CC(C)(C)c1ccc(C(=O)Nc2nc3cc4c(cc3[nH]2)OC(F)(F)O4)cc1. The van der Waals surface area contributed by atoms with Crippen LogP contribution in [-0.4, -0.2) is 22.2 Å². The lowest BCUT2D eigenvalue weighted by Crippen LogP contribution is -2.25. The number of carbonyl (C=O) groups excluding carboxylic acids is 1. The van der Waals surface area contributed by atoms with Crippen molar-refractivity contribution in [3.63, 3.8) is 0 Å². The van der Waals surface area contributed by atoms with E-state index in [1.807, 2.05) is 12.1 Å². The molecule has 27 heavy (non-hydrogen) atoms. The Labute approximate surface area is 153 Å². The smallest absolute Gasteiger partial charge is 0.395 e. The van der Waals surface area contributed by atoms with Gasteiger partial charge in [-0.25, -0.2) is 4.98 Å². The fourth-order valence-electron chi connectivity index (χ4n) is 2.81. The highest BCUT2D eigenvalue weighted by Crippen LogP contribution is 2.42. The third-order valence-corrected chi connectivity index (χ3v) is 4.25. The van der Waals surface area contributed by atoms with Gasteiger partial charge in [-0.15, -0.1) is 8.78 Å². The number of halogens is 2. The fourth-order valence-corrected chi connectivity index (χ4v) is 2.81. The Hall–Kier alpha value is -3.16. The maximum atomic E-state index is 13.1. The summed E-state index contributed by atoms with van der Waals surface area (Å²) in [6.07, 6.45) is -3.68. The van der Waals surface area contributed by atoms with Gasteiger partial charge in [-0.3, -0.25) is 10.1 Å². The Morgan fingerprint density at radius 3 is 2.37 bits per heavy atom. The standard InChI is InChI=1S/C19H17F2N3O3/c1-18(2,3)11-6-4-10(5-7-11)16(25)24-17-22-12-8-14-15(9-13(12)23-17)27-19(20,21)26-14/h4-9H,1-3H3,(H2,22,23,24,25). The zero-order valence-electron chi connectivity index (χ0n) is 14.9. The molecule has 0 saturated heterocycles. The molecular formula is C19H17F2N3O3. The minimum atomic E-state index is -3.68. The number of aromatic nitrogens is 2. The summed E-state index contributed by atoms with van der Waals surface area (Å²) in [5.41, 5.74) is 2.41. The summed E-state index contributed by atoms with van der Waals surface area (Å²) in [5.74, 6) is -0.326. The molecule has 0 saturated carbocycles. The molecule has 1 aromatic heterocycles. The minimum Gasteiger partial charge on any atom is -0.395 e. The van der Waals surface area contributed by atoms with E-state index in [0.717, 1.165) is 5.56 Å². The molecule has 0 atom stereocenters. The van der Waals surface area contributed by atoms with Gasteiger partial charge in [0.2, 0.25) is 5.95 Å². The number of nitrogens with one attached hydrogen (secondary N) is 2. The molecule has 6 nitrogen and oxygen atoms in total. The number of rotatable bonds is 2. The van der Waals surface area contributed by atoms with E-state index in [2.05, 4.69) is 45.5 Å². The quantitative estimate of drug-likeness (QED) is 0.697. The maximum absolute atomic E-state index is 13.1. The van der Waals surface area contributed by atoms with Gasteiger partial charge in [0.05, 0.1) is 11.0 Å². The van der Waals surface area contributed by atoms with Crippen LogP contribution in [-0.2, 0) is 5.41 Å². The molecule has 0 radical (unpaired) electrons. The number of amides is 1. The van der Waals surface area contributed by atoms with Crippen molar-refractivity contribution in [2.45, 2.75) is 32.5 Å². The average Bonchev–Trinajstić information content (AvgIpc) is 3.08. The number of benzene rings is 2. The molecule has 1 amide bonds. The highest BCUT2D eigenvalue weighted by atomic mass is 19.3. The topological polar surface area (TPSA) is 76.2 Å². The van der Waals surface area contributed by atoms with Gasteiger partial charge in [-0.05, 0) is 23.1 Å². The summed E-state index contributed by atoms with van der Waals surface area (Å²) in [4.78, 5) is 19.5. The van der Waals surface area contributed by atoms with E-state index < -0.39 is 6.29 Å². The molecule has 0 fully saturated rings. The van der Waals surface area contributed by atoms with Gasteiger partial charge in [0.1, 0.15) is 0 Å². The fraction of sp³-hybridized carbons (Fsp3) is 0.263. The van der Waals surface area contributed by atoms with E-state index >= 15 is 0 Å². The first-order chi connectivity index (χ1) is 12.6. The molecule has 2 N–H and O–H groups in total. The lowest BCUT2D eigenvalue weighted by atomic mass is 9.87. The number of imidazole rings is 1. The van der Waals surface area contributed by atoms with Crippen LogP contribution in [0.5, 0.6) is 11.5 Å². The van der Waals surface area contributed by atoms with E-state index in [4.69, 9.17) is 0 Å². The van der Waals surface area contributed by atoms with Crippen molar-refractivity contribution in [3.05, 3.63) is 47.5 Å². The van der Waals surface area contributed by atoms with Gasteiger partial charge in [0.15, 0.2) is 11.5 Å². The van der Waals surface area contributed by atoms with Gasteiger partial charge >= 0.3 is 6.29 Å². The summed E-state index contributed by atoms with van der Waals surface area (Å²) in [7, 11) is 0. The van der Waals surface area contributed by atoms with Gasteiger partial charge in [0.25, 0.3) is 5.91 Å². The second kappa shape index (κ2) is 5.67. The van der Waals surface area contributed by atoms with Crippen LogP contribution in [0.4, 0.5) is 14.7 Å². The zero-order valence-corrected chi connectivity index (χ0v) is 14.9. The number of ether oxygens (including phenoxy) is 2.